The quantitative estimate of drug-likeness (QED) is 0.795. The highest BCUT2D eigenvalue weighted by Gasteiger charge is 2.12. The van der Waals surface area contributed by atoms with Crippen LogP contribution in [-0.2, 0) is 0 Å². The number of nitrogens with zero attached hydrogens (tertiary/aromatic N) is 2. The first-order chi connectivity index (χ1) is 9.17. The molecule has 5 nitrogen and oxygen atoms in total. The second-order valence-corrected chi connectivity index (χ2v) is 4.53. The molecule has 0 aliphatic carbocycles. The van der Waals surface area contributed by atoms with Crippen LogP contribution in [0.25, 0.3) is 0 Å². The van der Waals surface area contributed by atoms with E-state index in [9.17, 15) is 4.79 Å². The molecule has 0 radical (unpaired) electrons. The van der Waals surface area contributed by atoms with Gasteiger partial charge < -0.3 is 15.3 Å². The monoisotopic (exact) mass is 265 g/mol. The lowest BCUT2D eigenvalue weighted by atomic mass is 10.3. The van der Waals surface area contributed by atoms with Gasteiger partial charge >= 0.3 is 6.03 Å². The minimum absolute atomic E-state index is 0.101. The normalized spacial score (nSPS) is 10.3. The summed E-state index contributed by atoms with van der Waals surface area (Å²) in [5.74, 6) is 0. The molecule has 2 amide bonds. The van der Waals surface area contributed by atoms with Crippen LogP contribution >= 0.6 is 0 Å². The van der Waals surface area contributed by atoms with Gasteiger partial charge in [0.25, 0.3) is 0 Å². The maximum Gasteiger partial charge on any atom is 0.321 e. The summed E-state index contributed by atoms with van der Waals surface area (Å²) in [5.41, 5.74) is 1.62. The molecule has 0 atom stereocenters. The topological polar surface area (TPSA) is 65.5 Å². The van der Waals surface area contributed by atoms with E-state index < -0.39 is 0 Å². The lowest BCUT2D eigenvalue weighted by Crippen LogP contribution is -2.36. The molecule has 0 aliphatic heterocycles. The van der Waals surface area contributed by atoms with Gasteiger partial charge in [0.2, 0.25) is 0 Å². The number of nitrogens with one attached hydrogen (secondary N) is 1. The Kier molecular flexibility index (Phi) is 6.89. The van der Waals surface area contributed by atoms with E-state index in [1.807, 2.05) is 13.0 Å². The maximum atomic E-state index is 12.1. The van der Waals surface area contributed by atoms with Crippen LogP contribution in [0, 0.1) is 6.92 Å². The van der Waals surface area contributed by atoms with Gasteiger partial charge in [-0.2, -0.15) is 0 Å². The largest absolute Gasteiger partial charge is 0.396 e. The zero-order valence-corrected chi connectivity index (χ0v) is 11.7. The number of aliphatic hydroxyl groups is 1. The van der Waals surface area contributed by atoms with Crippen LogP contribution < -0.4 is 5.32 Å². The van der Waals surface area contributed by atoms with Gasteiger partial charge in [-0.1, -0.05) is 13.3 Å². The van der Waals surface area contributed by atoms with Gasteiger partial charge in [0.05, 0.1) is 0 Å². The molecule has 0 unspecified atom stereocenters. The summed E-state index contributed by atoms with van der Waals surface area (Å²) >= 11 is 0. The van der Waals surface area contributed by atoms with E-state index in [1.54, 1.807) is 17.2 Å². The third-order valence-corrected chi connectivity index (χ3v) is 2.80. The summed E-state index contributed by atoms with van der Waals surface area (Å²) in [4.78, 5) is 18.0. The number of aliphatic hydroxyl groups excluding tert-OH is 1. The van der Waals surface area contributed by atoms with Crippen LogP contribution in [0.3, 0.4) is 0 Å². The van der Waals surface area contributed by atoms with Crippen molar-refractivity contribution in [3.8, 4) is 0 Å². The Hall–Kier alpha value is -1.62. The van der Waals surface area contributed by atoms with Gasteiger partial charge in [0, 0.05) is 37.3 Å². The summed E-state index contributed by atoms with van der Waals surface area (Å²) < 4.78 is 0. The van der Waals surface area contributed by atoms with E-state index in [0.29, 0.717) is 19.5 Å². The second-order valence-electron chi connectivity index (χ2n) is 4.53. The molecule has 19 heavy (non-hydrogen) atoms. The number of unbranched alkanes of at least 4 members (excludes halogenated alkanes) is 1. The molecular weight excluding hydrogens is 242 g/mol. The Morgan fingerprint density at radius 1 is 1.42 bits per heavy atom. The first-order valence-electron chi connectivity index (χ1n) is 6.76. The number of rotatable bonds is 7. The number of amides is 2. The minimum Gasteiger partial charge on any atom is -0.396 e. The van der Waals surface area contributed by atoms with Gasteiger partial charge in [0.1, 0.15) is 0 Å². The number of hydrogen-bond acceptors (Lipinski definition) is 3. The molecule has 0 aromatic carbocycles. The number of urea groups is 1. The molecule has 0 spiro atoms. The van der Waals surface area contributed by atoms with Crippen molar-refractivity contribution in [2.45, 2.75) is 33.1 Å². The molecule has 106 valence electrons. The van der Waals surface area contributed by atoms with Crippen LogP contribution in [0.15, 0.2) is 18.3 Å². The second kappa shape index (κ2) is 8.48. The first-order valence-corrected chi connectivity index (χ1v) is 6.76. The van der Waals surface area contributed by atoms with Crippen molar-refractivity contribution in [3.63, 3.8) is 0 Å². The fourth-order valence-corrected chi connectivity index (χ4v) is 1.75. The van der Waals surface area contributed by atoms with Gasteiger partial charge in [0.15, 0.2) is 0 Å². The standard InChI is InChI=1S/C14H23N3O2/c1-3-4-8-17(9-5-10-18)14(19)16-13-6-7-15-12(2)11-13/h6-7,11,18H,3-5,8-10H2,1-2H3,(H,15,16,19). The van der Waals surface area contributed by atoms with Crippen molar-refractivity contribution < 1.29 is 9.90 Å². The van der Waals surface area contributed by atoms with E-state index in [4.69, 9.17) is 5.11 Å². The molecule has 0 aliphatic rings. The van der Waals surface area contributed by atoms with Crippen molar-refractivity contribution in [3.05, 3.63) is 24.0 Å². The number of aromatic nitrogens is 1. The van der Waals surface area contributed by atoms with Crippen molar-refractivity contribution in [1.82, 2.24) is 9.88 Å². The van der Waals surface area contributed by atoms with Gasteiger partial charge in [-0.3, -0.25) is 4.98 Å². The molecule has 0 fully saturated rings. The Bertz CT molecular complexity index is 388. The van der Waals surface area contributed by atoms with E-state index >= 15 is 0 Å². The van der Waals surface area contributed by atoms with Crippen LogP contribution in [0.2, 0.25) is 0 Å². The molecule has 0 saturated heterocycles. The maximum absolute atomic E-state index is 12.1. The van der Waals surface area contributed by atoms with Crippen molar-refractivity contribution in [2.24, 2.45) is 0 Å². The Labute approximate surface area is 114 Å². The van der Waals surface area contributed by atoms with E-state index in [1.165, 1.54) is 0 Å². The third kappa shape index (κ3) is 5.70. The zero-order chi connectivity index (χ0) is 14.1. The molecule has 1 rings (SSSR count). The number of carbonyl (C=O) groups excluding carboxylic acids is 1. The van der Waals surface area contributed by atoms with Gasteiger partial charge in [-0.15, -0.1) is 0 Å². The predicted octanol–water partition coefficient (Wildman–Crippen LogP) is 2.41. The van der Waals surface area contributed by atoms with Crippen molar-refractivity contribution in [1.29, 1.82) is 0 Å². The number of carbonyl (C=O) groups is 1. The average molecular weight is 265 g/mol. The highest BCUT2D eigenvalue weighted by molar-refractivity contribution is 5.89. The number of pyridine rings is 1. The van der Waals surface area contributed by atoms with Gasteiger partial charge in [-0.05, 0) is 31.9 Å². The average Bonchev–Trinajstić information content (AvgIpc) is 2.38. The van der Waals surface area contributed by atoms with Crippen LogP contribution in [-0.4, -0.2) is 40.7 Å². The lowest BCUT2D eigenvalue weighted by molar-refractivity contribution is 0.201. The number of hydrogen-bond donors (Lipinski definition) is 2. The summed E-state index contributed by atoms with van der Waals surface area (Å²) in [7, 11) is 0. The molecule has 0 saturated carbocycles. The lowest BCUT2D eigenvalue weighted by Gasteiger charge is -2.22. The summed E-state index contributed by atoms with van der Waals surface area (Å²) in [5, 5.41) is 11.7. The van der Waals surface area contributed by atoms with Crippen LogP contribution in [0.4, 0.5) is 10.5 Å². The molecule has 1 aromatic rings. The molecule has 1 heterocycles. The highest BCUT2D eigenvalue weighted by Crippen LogP contribution is 2.09. The smallest absolute Gasteiger partial charge is 0.321 e. The molecule has 5 heteroatoms. The Morgan fingerprint density at radius 2 is 2.16 bits per heavy atom. The van der Waals surface area contributed by atoms with Gasteiger partial charge in [-0.25, -0.2) is 4.79 Å². The zero-order valence-electron chi connectivity index (χ0n) is 11.7. The number of aryl methyl sites for hydroxylation is 1. The third-order valence-electron chi connectivity index (χ3n) is 2.80. The molecule has 2 N–H and O–H groups in total. The highest BCUT2D eigenvalue weighted by atomic mass is 16.3. The molecular formula is C14H23N3O2. The molecule has 0 bridgehead atoms. The fraction of sp³-hybridized carbons (Fsp3) is 0.571. The summed E-state index contributed by atoms with van der Waals surface area (Å²) in [6.45, 7) is 5.37. The minimum atomic E-state index is -0.118. The first kappa shape index (κ1) is 15.4. The summed E-state index contributed by atoms with van der Waals surface area (Å²) in [6.07, 6.45) is 4.28. The molecule has 1 aromatic heterocycles. The van der Waals surface area contributed by atoms with E-state index in [-0.39, 0.29) is 12.6 Å². The van der Waals surface area contributed by atoms with Crippen LogP contribution in [0.5, 0.6) is 0 Å². The van der Waals surface area contributed by atoms with E-state index in [0.717, 1.165) is 24.2 Å². The predicted molar refractivity (Wildman–Crippen MR) is 76.2 cm³/mol. The Balaban J connectivity index is 2.59. The van der Waals surface area contributed by atoms with Crippen LogP contribution in [0.1, 0.15) is 31.9 Å². The van der Waals surface area contributed by atoms with Crippen molar-refractivity contribution in [2.75, 3.05) is 25.0 Å². The Morgan fingerprint density at radius 3 is 2.79 bits per heavy atom. The van der Waals surface area contributed by atoms with Crippen molar-refractivity contribution >= 4 is 11.7 Å². The SMILES string of the molecule is CCCCN(CCCO)C(=O)Nc1ccnc(C)c1. The summed E-state index contributed by atoms with van der Waals surface area (Å²) in [6, 6.07) is 3.49. The number of anilines is 1. The fourth-order valence-electron chi connectivity index (χ4n) is 1.75. The van der Waals surface area contributed by atoms with E-state index in [2.05, 4.69) is 17.2 Å².